The molecule has 2 aromatic carbocycles. The van der Waals surface area contributed by atoms with E-state index in [9.17, 15) is 4.79 Å². The number of ether oxygens (including phenoxy) is 1. The predicted octanol–water partition coefficient (Wildman–Crippen LogP) is 5.20. The molecule has 0 radical (unpaired) electrons. The van der Waals surface area contributed by atoms with E-state index in [0.29, 0.717) is 21.6 Å². The zero-order valence-corrected chi connectivity index (χ0v) is 15.5. The Morgan fingerprint density at radius 3 is 2.42 bits per heavy atom. The summed E-state index contributed by atoms with van der Waals surface area (Å²) in [6, 6.07) is 15.4. The van der Waals surface area contributed by atoms with Gasteiger partial charge in [0.25, 0.3) is 5.91 Å². The summed E-state index contributed by atoms with van der Waals surface area (Å²) >= 11 is 3.93. The van der Waals surface area contributed by atoms with Crippen LogP contribution in [-0.2, 0) is 0 Å². The van der Waals surface area contributed by atoms with Gasteiger partial charge in [-0.05, 0) is 43.7 Å². The first kappa shape index (κ1) is 17.2. The molecule has 0 atom stereocenters. The maximum atomic E-state index is 12.5. The van der Waals surface area contributed by atoms with Crippen molar-refractivity contribution in [3.8, 4) is 5.75 Å². The van der Waals surface area contributed by atoms with Crippen molar-refractivity contribution >= 4 is 35.1 Å². The molecule has 0 bridgehead atoms. The fourth-order valence-electron chi connectivity index (χ4n) is 2.46. The predicted molar refractivity (Wildman–Crippen MR) is 104 cm³/mol. The number of hydrogen-bond donors (Lipinski definition) is 1. The third-order valence-electron chi connectivity index (χ3n) is 3.56. The normalized spacial score (nSPS) is 14.8. The van der Waals surface area contributed by atoms with E-state index in [2.05, 4.69) is 17.4 Å². The largest absolute Gasteiger partial charge is 0.489 e. The van der Waals surface area contributed by atoms with E-state index in [4.69, 9.17) is 4.74 Å². The van der Waals surface area contributed by atoms with Gasteiger partial charge in [0.05, 0.1) is 16.4 Å². The van der Waals surface area contributed by atoms with E-state index < -0.39 is 0 Å². The average molecular weight is 360 g/mol. The number of nitrogens with one attached hydrogen (secondary N) is 1. The summed E-state index contributed by atoms with van der Waals surface area (Å²) in [5.41, 5.74) is 2.64. The Morgan fingerprint density at radius 2 is 1.75 bits per heavy atom. The van der Waals surface area contributed by atoms with Gasteiger partial charge in [-0.3, -0.25) is 4.79 Å². The summed E-state index contributed by atoms with van der Waals surface area (Å²) in [6.07, 6.45) is 0.0590. The lowest BCUT2D eigenvalue weighted by atomic mass is 10.1. The number of rotatable bonds is 5. The Kier molecular flexibility index (Phi) is 5.74. The Balaban J connectivity index is 1.71. The number of para-hydroxylation sites is 2. The number of benzene rings is 2. The highest BCUT2D eigenvalue weighted by Gasteiger charge is 2.18. The Labute approximate surface area is 151 Å². The van der Waals surface area contributed by atoms with Crippen molar-refractivity contribution in [2.24, 2.45) is 0 Å². The van der Waals surface area contributed by atoms with Gasteiger partial charge in [0, 0.05) is 17.1 Å². The van der Waals surface area contributed by atoms with Gasteiger partial charge in [0.1, 0.15) is 5.75 Å². The topological polar surface area (TPSA) is 38.3 Å². The Hall–Kier alpha value is -1.59. The van der Waals surface area contributed by atoms with Crippen molar-refractivity contribution in [1.29, 1.82) is 0 Å². The van der Waals surface area contributed by atoms with Crippen LogP contribution in [0, 0.1) is 0 Å². The van der Waals surface area contributed by atoms with Crippen LogP contribution in [0.15, 0.2) is 48.5 Å². The number of carbonyl (C=O) groups excluding carboxylic acids is 1. The van der Waals surface area contributed by atoms with Crippen LogP contribution in [0.3, 0.4) is 0 Å². The van der Waals surface area contributed by atoms with E-state index in [1.165, 1.54) is 17.1 Å². The van der Waals surface area contributed by atoms with Crippen LogP contribution in [0.5, 0.6) is 5.75 Å². The number of amides is 1. The number of hydrogen-bond acceptors (Lipinski definition) is 4. The first-order chi connectivity index (χ1) is 11.6. The van der Waals surface area contributed by atoms with Crippen LogP contribution < -0.4 is 10.1 Å². The van der Waals surface area contributed by atoms with Gasteiger partial charge < -0.3 is 10.1 Å². The van der Waals surface area contributed by atoms with Crippen molar-refractivity contribution < 1.29 is 9.53 Å². The van der Waals surface area contributed by atoms with Crippen LogP contribution >= 0.6 is 23.5 Å². The first-order valence-electron chi connectivity index (χ1n) is 8.03. The molecule has 0 saturated carbocycles. The van der Waals surface area contributed by atoms with Crippen LogP contribution in [0.25, 0.3) is 0 Å². The Bertz CT molecular complexity index is 695. The van der Waals surface area contributed by atoms with Gasteiger partial charge in [0.15, 0.2) is 0 Å². The molecule has 1 N–H and O–H groups in total. The molecule has 0 spiro atoms. The zero-order chi connectivity index (χ0) is 16.9. The lowest BCUT2D eigenvalue weighted by molar-refractivity contribution is 0.102. The van der Waals surface area contributed by atoms with Crippen LogP contribution in [0.2, 0.25) is 0 Å². The molecule has 1 aliphatic rings. The molecular formula is C19H21NO2S2. The van der Waals surface area contributed by atoms with Crippen molar-refractivity contribution in [3.05, 3.63) is 59.7 Å². The van der Waals surface area contributed by atoms with E-state index in [0.717, 1.165) is 0 Å². The summed E-state index contributed by atoms with van der Waals surface area (Å²) in [5, 5.41) is 2.95. The van der Waals surface area contributed by atoms with Crippen molar-refractivity contribution in [2.75, 3.05) is 16.8 Å². The zero-order valence-electron chi connectivity index (χ0n) is 13.8. The molecule has 3 rings (SSSR count). The molecule has 0 aromatic heterocycles. The summed E-state index contributed by atoms with van der Waals surface area (Å²) in [5.74, 6) is 2.97. The van der Waals surface area contributed by atoms with Gasteiger partial charge in [-0.2, -0.15) is 0 Å². The lowest BCUT2D eigenvalue weighted by Crippen LogP contribution is -2.14. The van der Waals surface area contributed by atoms with E-state index in [-0.39, 0.29) is 12.0 Å². The molecule has 2 aromatic rings. The minimum Gasteiger partial charge on any atom is -0.489 e. The van der Waals surface area contributed by atoms with Crippen LogP contribution in [-0.4, -0.2) is 23.5 Å². The smallest absolute Gasteiger partial charge is 0.255 e. The fraction of sp³-hybridized carbons (Fsp3) is 0.316. The minimum absolute atomic E-state index is 0.0590. The van der Waals surface area contributed by atoms with Crippen molar-refractivity contribution in [3.63, 3.8) is 0 Å². The minimum atomic E-state index is -0.118. The second-order valence-corrected chi connectivity index (χ2v) is 8.54. The molecule has 24 heavy (non-hydrogen) atoms. The summed E-state index contributed by atoms with van der Waals surface area (Å²) in [4.78, 5) is 12.5. The summed E-state index contributed by atoms with van der Waals surface area (Å²) in [6.45, 7) is 3.94. The van der Waals surface area contributed by atoms with E-state index in [1.807, 2.05) is 73.8 Å². The van der Waals surface area contributed by atoms with Gasteiger partial charge in [-0.25, -0.2) is 0 Å². The lowest BCUT2D eigenvalue weighted by Gasteiger charge is -2.15. The molecule has 0 unspecified atom stereocenters. The van der Waals surface area contributed by atoms with Gasteiger partial charge in [-0.15, -0.1) is 23.5 Å². The quantitative estimate of drug-likeness (QED) is 0.796. The number of carbonyl (C=O) groups is 1. The maximum absolute atomic E-state index is 12.5. The highest BCUT2D eigenvalue weighted by atomic mass is 32.2. The van der Waals surface area contributed by atoms with Gasteiger partial charge >= 0.3 is 0 Å². The molecule has 1 heterocycles. The molecule has 3 nitrogen and oxygen atoms in total. The molecule has 5 heteroatoms. The van der Waals surface area contributed by atoms with Crippen molar-refractivity contribution in [1.82, 2.24) is 0 Å². The average Bonchev–Trinajstić information content (AvgIpc) is 3.11. The third-order valence-corrected chi connectivity index (χ3v) is 6.67. The van der Waals surface area contributed by atoms with Crippen LogP contribution in [0.4, 0.5) is 5.69 Å². The van der Waals surface area contributed by atoms with Crippen molar-refractivity contribution in [2.45, 2.75) is 24.5 Å². The summed E-state index contributed by atoms with van der Waals surface area (Å²) in [7, 11) is 0. The highest BCUT2D eigenvalue weighted by Crippen LogP contribution is 2.45. The molecule has 0 aliphatic carbocycles. The first-order valence-corrected chi connectivity index (χ1v) is 10.1. The third kappa shape index (κ3) is 4.28. The monoisotopic (exact) mass is 359 g/mol. The standard InChI is InChI=1S/C19H21NO2S2/c1-13(2)22-17-6-4-3-5-16(17)20-18(21)14-7-9-15(10-8-14)19-23-11-12-24-19/h3-10,13,19H,11-12H2,1-2H3,(H,20,21). The van der Waals surface area contributed by atoms with E-state index >= 15 is 0 Å². The second-order valence-electron chi connectivity index (χ2n) is 5.81. The van der Waals surface area contributed by atoms with Crippen LogP contribution in [0.1, 0.15) is 34.4 Å². The van der Waals surface area contributed by atoms with Gasteiger partial charge in [-0.1, -0.05) is 24.3 Å². The SMILES string of the molecule is CC(C)Oc1ccccc1NC(=O)c1ccc(C2SCCS2)cc1. The molecule has 1 fully saturated rings. The number of thioether (sulfide) groups is 2. The number of anilines is 1. The molecule has 126 valence electrons. The maximum Gasteiger partial charge on any atom is 0.255 e. The highest BCUT2D eigenvalue weighted by molar-refractivity contribution is 8.19. The molecule has 1 saturated heterocycles. The molecule has 1 amide bonds. The summed E-state index contributed by atoms with van der Waals surface area (Å²) < 4.78 is 6.25. The Morgan fingerprint density at radius 1 is 1.08 bits per heavy atom. The fourth-order valence-corrected chi connectivity index (χ4v) is 5.32. The second kappa shape index (κ2) is 7.99. The van der Waals surface area contributed by atoms with E-state index in [1.54, 1.807) is 0 Å². The molecule has 1 aliphatic heterocycles. The molecular weight excluding hydrogens is 338 g/mol. The van der Waals surface area contributed by atoms with Gasteiger partial charge in [0.2, 0.25) is 0 Å².